The minimum Gasteiger partial charge on any atom is -0.484 e. The summed E-state index contributed by atoms with van der Waals surface area (Å²) in [5, 5.41) is 0. The largest absolute Gasteiger partial charge is 0.484 e. The maximum atomic E-state index is 6.07. The van der Waals surface area contributed by atoms with Crippen LogP contribution in [0.25, 0.3) is 0 Å². The van der Waals surface area contributed by atoms with Crippen LogP contribution in [0.15, 0.2) is 47.2 Å². The minimum absolute atomic E-state index is 0.106. The van der Waals surface area contributed by atoms with Crippen LogP contribution in [-0.4, -0.2) is 11.0 Å². The summed E-state index contributed by atoms with van der Waals surface area (Å²) in [6.45, 7) is 3.96. The lowest BCUT2D eigenvalue weighted by Gasteiger charge is -2.23. The van der Waals surface area contributed by atoms with Gasteiger partial charge < -0.3 is 10.5 Å². The number of aromatic nitrogens is 1. The Morgan fingerprint density at radius 1 is 1.21 bits per heavy atom. The van der Waals surface area contributed by atoms with Gasteiger partial charge in [-0.25, -0.2) is 0 Å². The average Bonchev–Trinajstić information content (AvgIpc) is 2.38. The first-order valence-corrected chi connectivity index (χ1v) is 6.95. The second-order valence-electron chi connectivity index (χ2n) is 4.59. The molecule has 2 N–H and O–H groups in total. The van der Waals surface area contributed by atoms with Crippen molar-refractivity contribution in [3.05, 3.63) is 58.3 Å². The molecule has 0 bridgehead atoms. The molecule has 0 aliphatic rings. The van der Waals surface area contributed by atoms with E-state index in [1.807, 2.05) is 44.2 Å². The van der Waals surface area contributed by atoms with Gasteiger partial charge in [0.2, 0.25) is 0 Å². The molecule has 0 aliphatic heterocycles. The molecule has 2 aromatic rings. The van der Waals surface area contributed by atoms with Crippen LogP contribution in [0, 0.1) is 6.92 Å². The Hall–Kier alpha value is -1.39. The number of nitrogens with two attached hydrogens (primary N) is 1. The van der Waals surface area contributed by atoms with Gasteiger partial charge in [0.05, 0.1) is 0 Å². The number of hydrogen-bond donors (Lipinski definition) is 1. The zero-order valence-electron chi connectivity index (χ0n) is 11.0. The summed E-state index contributed by atoms with van der Waals surface area (Å²) in [6.07, 6.45) is 3.33. The summed E-state index contributed by atoms with van der Waals surface area (Å²) in [7, 11) is 0. The molecule has 0 saturated heterocycles. The highest BCUT2D eigenvalue weighted by Crippen LogP contribution is 2.28. The molecule has 3 nitrogen and oxygen atoms in total. The van der Waals surface area contributed by atoms with Crippen molar-refractivity contribution in [3.8, 4) is 5.75 Å². The highest BCUT2D eigenvalue weighted by molar-refractivity contribution is 9.10. The predicted molar refractivity (Wildman–Crippen MR) is 80.1 cm³/mol. The number of pyridine rings is 1. The van der Waals surface area contributed by atoms with Gasteiger partial charge in [-0.05, 0) is 55.3 Å². The second kappa shape index (κ2) is 6.17. The molecule has 2 atom stereocenters. The van der Waals surface area contributed by atoms with Gasteiger partial charge in [-0.2, -0.15) is 0 Å². The van der Waals surface area contributed by atoms with Crippen LogP contribution >= 0.6 is 15.9 Å². The monoisotopic (exact) mass is 320 g/mol. The summed E-state index contributed by atoms with van der Waals surface area (Å²) in [5.74, 6) is 0.849. The van der Waals surface area contributed by atoms with Gasteiger partial charge in [-0.3, -0.25) is 4.98 Å². The average molecular weight is 321 g/mol. The van der Waals surface area contributed by atoms with Gasteiger partial charge >= 0.3 is 0 Å². The van der Waals surface area contributed by atoms with Crippen molar-refractivity contribution < 1.29 is 4.74 Å². The standard InChI is InChI=1S/C15H17BrN2O/c1-10-9-13(16)3-4-14(10)19-15(11(2)17)12-5-7-18-8-6-12/h3-9,11,15H,17H2,1-2H3. The fraction of sp³-hybridized carbons (Fsp3) is 0.267. The Morgan fingerprint density at radius 3 is 2.47 bits per heavy atom. The van der Waals surface area contributed by atoms with Gasteiger partial charge in [0.15, 0.2) is 0 Å². The van der Waals surface area contributed by atoms with Crippen LogP contribution in [0.5, 0.6) is 5.75 Å². The molecule has 1 aromatic heterocycles. The molecule has 2 rings (SSSR count). The Bertz CT molecular complexity index is 543. The lowest BCUT2D eigenvalue weighted by molar-refractivity contribution is 0.179. The van der Waals surface area contributed by atoms with Crippen LogP contribution in [-0.2, 0) is 0 Å². The number of benzene rings is 1. The zero-order valence-corrected chi connectivity index (χ0v) is 12.6. The smallest absolute Gasteiger partial charge is 0.139 e. The number of nitrogens with zero attached hydrogens (tertiary/aromatic N) is 1. The van der Waals surface area contributed by atoms with Gasteiger partial charge in [0.25, 0.3) is 0 Å². The molecule has 0 fully saturated rings. The summed E-state index contributed by atoms with van der Waals surface area (Å²) in [5.41, 5.74) is 8.15. The SMILES string of the molecule is Cc1cc(Br)ccc1OC(c1ccncc1)C(C)N. The van der Waals surface area contributed by atoms with E-state index in [2.05, 4.69) is 20.9 Å². The molecule has 0 spiro atoms. The number of hydrogen-bond acceptors (Lipinski definition) is 3. The Morgan fingerprint density at radius 2 is 1.89 bits per heavy atom. The first-order chi connectivity index (χ1) is 9.08. The third-order valence-corrected chi connectivity index (χ3v) is 3.40. The number of halogens is 1. The Kier molecular flexibility index (Phi) is 4.56. The third-order valence-electron chi connectivity index (χ3n) is 2.90. The summed E-state index contributed by atoms with van der Waals surface area (Å²) in [6, 6.07) is 9.71. The molecule has 1 aromatic carbocycles. The van der Waals surface area contributed by atoms with E-state index >= 15 is 0 Å². The van der Waals surface area contributed by atoms with Gasteiger partial charge in [0.1, 0.15) is 11.9 Å². The van der Waals surface area contributed by atoms with Crippen LogP contribution in [0.1, 0.15) is 24.2 Å². The molecule has 0 radical (unpaired) electrons. The maximum absolute atomic E-state index is 6.07. The normalized spacial score (nSPS) is 13.9. The van der Waals surface area contributed by atoms with Gasteiger partial charge in [0, 0.05) is 22.9 Å². The molecular formula is C15H17BrN2O. The molecule has 100 valence electrons. The van der Waals surface area contributed by atoms with E-state index in [4.69, 9.17) is 10.5 Å². The van der Waals surface area contributed by atoms with E-state index in [-0.39, 0.29) is 12.1 Å². The second-order valence-corrected chi connectivity index (χ2v) is 5.50. The van der Waals surface area contributed by atoms with E-state index in [1.54, 1.807) is 12.4 Å². The van der Waals surface area contributed by atoms with Crippen molar-refractivity contribution in [1.82, 2.24) is 4.98 Å². The lowest BCUT2D eigenvalue weighted by atomic mass is 10.1. The zero-order chi connectivity index (χ0) is 13.8. The van der Waals surface area contributed by atoms with Gasteiger partial charge in [-0.15, -0.1) is 0 Å². The summed E-state index contributed by atoms with van der Waals surface area (Å²) in [4.78, 5) is 4.02. The number of aryl methyl sites for hydroxylation is 1. The van der Waals surface area contributed by atoms with Crippen molar-refractivity contribution in [2.75, 3.05) is 0 Å². The highest BCUT2D eigenvalue weighted by Gasteiger charge is 2.18. The van der Waals surface area contributed by atoms with Crippen LogP contribution < -0.4 is 10.5 Å². The number of ether oxygens (including phenoxy) is 1. The molecule has 1 heterocycles. The van der Waals surface area contributed by atoms with E-state index in [9.17, 15) is 0 Å². The quantitative estimate of drug-likeness (QED) is 0.936. The fourth-order valence-electron chi connectivity index (χ4n) is 1.91. The highest BCUT2D eigenvalue weighted by atomic mass is 79.9. The van der Waals surface area contributed by atoms with E-state index < -0.39 is 0 Å². The van der Waals surface area contributed by atoms with Crippen LogP contribution in [0.3, 0.4) is 0 Å². The summed E-state index contributed by atoms with van der Waals surface area (Å²) >= 11 is 3.45. The first-order valence-electron chi connectivity index (χ1n) is 6.16. The third kappa shape index (κ3) is 3.55. The van der Waals surface area contributed by atoms with Crippen molar-refractivity contribution >= 4 is 15.9 Å². The van der Waals surface area contributed by atoms with Crippen molar-refractivity contribution in [2.45, 2.75) is 26.0 Å². The fourth-order valence-corrected chi connectivity index (χ4v) is 2.39. The molecular weight excluding hydrogens is 304 g/mol. The van der Waals surface area contributed by atoms with Gasteiger partial charge in [-0.1, -0.05) is 15.9 Å². The molecule has 0 saturated carbocycles. The van der Waals surface area contributed by atoms with E-state index in [0.29, 0.717) is 0 Å². The lowest BCUT2D eigenvalue weighted by Crippen LogP contribution is -2.29. The molecule has 0 amide bonds. The maximum Gasteiger partial charge on any atom is 0.139 e. The Balaban J connectivity index is 2.27. The minimum atomic E-state index is -0.178. The number of rotatable bonds is 4. The summed E-state index contributed by atoms with van der Waals surface area (Å²) < 4.78 is 7.11. The molecule has 19 heavy (non-hydrogen) atoms. The van der Waals surface area contributed by atoms with E-state index in [1.165, 1.54) is 0 Å². The Labute approximate surface area is 121 Å². The van der Waals surface area contributed by atoms with Crippen molar-refractivity contribution in [1.29, 1.82) is 0 Å². The molecule has 0 aliphatic carbocycles. The predicted octanol–water partition coefficient (Wildman–Crippen LogP) is 3.62. The topological polar surface area (TPSA) is 48.1 Å². The van der Waals surface area contributed by atoms with Crippen LogP contribution in [0.2, 0.25) is 0 Å². The van der Waals surface area contributed by atoms with Crippen LogP contribution in [0.4, 0.5) is 0 Å². The molecule has 2 unspecified atom stereocenters. The first kappa shape index (κ1) is 14.0. The van der Waals surface area contributed by atoms with Crippen molar-refractivity contribution in [2.24, 2.45) is 5.73 Å². The molecule has 4 heteroatoms. The van der Waals surface area contributed by atoms with E-state index in [0.717, 1.165) is 21.3 Å². The van der Waals surface area contributed by atoms with Crippen molar-refractivity contribution in [3.63, 3.8) is 0 Å².